The summed E-state index contributed by atoms with van der Waals surface area (Å²) in [5, 5.41) is 0.0233. The zero-order valence-corrected chi connectivity index (χ0v) is 6.72. The van der Waals surface area contributed by atoms with E-state index in [2.05, 4.69) is 9.97 Å². The molecule has 0 spiro atoms. The third-order valence-corrected chi connectivity index (χ3v) is 2.01. The van der Waals surface area contributed by atoms with Crippen molar-refractivity contribution in [2.24, 2.45) is 0 Å². The molecule has 2 rings (SSSR count). The molecule has 64 valence electrons. The molecule has 1 aromatic heterocycles. The average molecular weight is 191 g/mol. The standard InChI is InChI=1S/C7H5ClF2N2/c8-6-11-2-1-5(12-6)4-3-7(4,9)10/h1-2,4H,3H2. The van der Waals surface area contributed by atoms with Crippen LogP contribution in [0.1, 0.15) is 18.0 Å². The van der Waals surface area contributed by atoms with Gasteiger partial charge in [-0.2, -0.15) is 0 Å². The molecule has 1 aliphatic carbocycles. The summed E-state index contributed by atoms with van der Waals surface area (Å²) >= 11 is 5.44. The van der Waals surface area contributed by atoms with Crippen molar-refractivity contribution >= 4 is 11.6 Å². The summed E-state index contributed by atoms with van der Waals surface area (Å²) in [6.45, 7) is 0. The number of nitrogens with zero attached hydrogens (tertiary/aromatic N) is 2. The molecule has 1 heterocycles. The molecule has 1 aromatic rings. The van der Waals surface area contributed by atoms with Gasteiger partial charge in [0.05, 0.1) is 11.6 Å². The summed E-state index contributed by atoms with van der Waals surface area (Å²) in [5.41, 5.74) is 0.333. The Hall–Kier alpha value is -0.770. The van der Waals surface area contributed by atoms with Crippen LogP contribution in [-0.2, 0) is 0 Å². The van der Waals surface area contributed by atoms with E-state index in [0.717, 1.165) is 0 Å². The maximum Gasteiger partial charge on any atom is 0.257 e. The number of hydrogen-bond donors (Lipinski definition) is 0. The molecule has 0 aromatic carbocycles. The molecule has 0 aliphatic heterocycles. The average Bonchev–Trinajstić information content (AvgIpc) is 2.60. The SMILES string of the molecule is FC1(F)CC1c1ccnc(Cl)n1. The maximum atomic E-state index is 12.5. The second kappa shape index (κ2) is 2.36. The van der Waals surface area contributed by atoms with Crippen molar-refractivity contribution in [3.63, 3.8) is 0 Å². The minimum absolute atomic E-state index is 0.0233. The molecule has 1 aliphatic rings. The van der Waals surface area contributed by atoms with Crippen molar-refractivity contribution in [3.8, 4) is 0 Å². The van der Waals surface area contributed by atoms with Crippen molar-refractivity contribution in [3.05, 3.63) is 23.2 Å². The van der Waals surface area contributed by atoms with Crippen LogP contribution in [0.4, 0.5) is 8.78 Å². The lowest BCUT2D eigenvalue weighted by Gasteiger charge is -1.96. The molecule has 5 heteroatoms. The Morgan fingerprint density at radius 3 is 2.75 bits per heavy atom. The van der Waals surface area contributed by atoms with Crippen LogP contribution in [0.3, 0.4) is 0 Å². The lowest BCUT2D eigenvalue weighted by molar-refractivity contribution is 0.111. The predicted molar refractivity (Wildman–Crippen MR) is 39.3 cm³/mol. The summed E-state index contributed by atoms with van der Waals surface area (Å²) in [6, 6.07) is 1.47. The Kier molecular flexibility index (Phi) is 1.54. The van der Waals surface area contributed by atoms with Crippen molar-refractivity contribution in [1.82, 2.24) is 9.97 Å². The zero-order chi connectivity index (χ0) is 8.77. The van der Waals surface area contributed by atoms with Gasteiger partial charge < -0.3 is 0 Å². The zero-order valence-electron chi connectivity index (χ0n) is 5.97. The van der Waals surface area contributed by atoms with Crippen LogP contribution >= 0.6 is 11.6 Å². The number of aromatic nitrogens is 2. The van der Waals surface area contributed by atoms with E-state index in [1.807, 2.05) is 0 Å². The normalized spacial score (nSPS) is 25.4. The Bertz CT molecular complexity index is 316. The number of alkyl halides is 2. The third-order valence-electron chi connectivity index (χ3n) is 1.83. The van der Waals surface area contributed by atoms with Gasteiger partial charge in [0.1, 0.15) is 0 Å². The van der Waals surface area contributed by atoms with Gasteiger partial charge in [-0.15, -0.1) is 0 Å². The summed E-state index contributed by atoms with van der Waals surface area (Å²) < 4.78 is 25.0. The van der Waals surface area contributed by atoms with Crippen molar-refractivity contribution < 1.29 is 8.78 Å². The Morgan fingerprint density at radius 1 is 1.58 bits per heavy atom. The first-order valence-corrected chi connectivity index (χ1v) is 3.84. The van der Waals surface area contributed by atoms with E-state index >= 15 is 0 Å². The molecule has 1 fully saturated rings. The van der Waals surface area contributed by atoms with Gasteiger partial charge in [0.25, 0.3) is 5.92 Å². The van der Waals surface area contributed by atoms with Crippen LogP contribution in [0.2, 0.25) is 5.28 Å². The summed E-state index contributed by atoms with van der Waals surface area (Å²) in [4.78, 5) is 7.31. The van der Waals surface area contributed by atoms with Gasteiger partial charge in [-0.1, -0.05) is 0 Å². The molecule has 0 N–H and O–H groups in total. The van der Waals surface area contributed by atoms with E-state index in [1.165, 1.54) is 12.3 Å². The summed E-state index contributed by atoms with van der Waals surface area (Å²) in [6.07, 6.45) is 1.26. The van der Waals surface area contributed by atoms with Crippen LogP contribution in [0.25, 0.3) is 0 Å². The number of rotatable bonds is 1. The lowest BCUT2D eigenvalue weighted by atomic mass is 10.3. The minimum atomic E-state index is -2.59. The van der Waals surface area contributed by atoms with Gasteiger partial charge in [-0.25, -0.2) is 18.7 Å². The monoisotopic (exact) mass is 190 g/mol. The molecule has 0 saturated heterocycles. The predicted octanol–water partition coefficient (Wildman–Crippen LogP) is 2.25. The molecule has 0 amide bonds. The molecule has 1 atom stereocenters. The Labute approximate surface area is 72.6 Å². The highest BCUT2D eigenvalue weighted by molar-refractivity contribution is 6.28. The fraction of sp³-hybridized carbons (Fsp3) is 0.429. The first-order valence-electron chi connectivity index (χ1n) is 3.46. The molecule has 1 saturated carbocycles. The van der Waals surface area contributed by atoms with Gasteiger partial charge in [-0.05, 0) is 17.7 Å². The molecule has 12 heavy (non-hydrogen) atoms. The topological polar surface area (TPSA) is 25.8 Å². The van der Waals surface area contributed by atoms with E-state index in [1.54, 1.807) is 0 Å². The van der Waals surface area contributed by atoms with E-state index < -0.39 is 11.8 Å². The van der Waals surface area contributed by atoms with Crippen LogP contribution in [0.5, 0.6) is 0 Å². The highest BCUT2D eigenvalue weighted by Crippen LogP contribution is 2.55. The van der Waals surface area contributed by atoms with Crippen molar-refractivity contribution in [2.45, 2.75) is 18.3 Å². The first-order chi connectivity index (χ1) is 5.59. The third kappa shape index (κ3) is 1.27. The quantitative estimate of drug-likeness (QED) is 0.635. The lowest BCUT2D eigenvalue weighted by Crippen LogP contribution is -1.96. The van der Waals surface area contributed by atoms with E-state index in [-0.39, 0.29) is 11.7 Å². The Morgan fingerprint density at radius 2 is 2.25 bits per heavy atom. The van der Waals surface area contributed by atoms with Crippen LogP contribution in [0.15, 0.2) is 12.3 Å². The van der Waals surface area contributed by atoms with Crippen LogP contribution in [0, 0.1) is 0 Å². The molecule has 0 radical (unpaired) electrons. The van der Waals surface area contributed by atoms with E-state index in [4.69, 9.17) is 11.6 Å². The molecule has 2 nitrogen and oxygen atoms in total. The molecule has 1 unspecified atom stereocenters. The second-order valence-corrected chi connectivity index (χ2v) is 3.11. The first kappa shape index (κ1) is 7.86. The van der Waals surface area contributed by atoms with Gasteiger partial charge in [0.15, 0.2) is 0 Å². The fourth-order valence-electron chi connectivity index (χ4n) is 1.08. The molecular formula is C7H5ClF2N2. The van der Waals surface area contributed by atoms with Crippen LogP contribution in [-0.4, -0.2) is 15.9 Å². The fourth-order valence-corrected chi connectivity index (χ4v) is 1.23. The van der Waals surface area contributed by atoms with Crippen LogP contribution < -0.4 is 0 Å². The maximum absolute atomic E-state index is 12.5. The van der Waals surface area contributed by atoms with Gasteiger partial charge in [-0.3, -0.25) is 0 Å². The highest BCUT2D eigenvalue weighted by Gasteiger charge is 2.58. The largest absolute Gasteiger partial charge is 0.257 e. The van der Waals surface area contributed by atoms with E-state index in [0.29, 0.717) is 5.69 Å². The highest BCUT2D eigenvalue weighted by atomic mass is 35.5. The Balaban J connectivity index is 2.26. The van der Waals surface area contributed by atoms with Gasteiger partial charge in [0, 0.05) is 12.6 Å². The van der Waals surface area contributed by atoms with Gasteiger partial charge >= 0.3 is 0 Å². The van der Waals surface area contributed by atoms with Gasteiger partial charge in [0.2, 0.25) is 5.28 Å². The minimum Gasteiger partial charge on any atom is -0.227 e. The number of halogens is 3. The molecular weight excluding hydrogens is 186 g/mol. The van der Waals surface area contributed by atoms with Crippen molar-refractivity contribution in [1.29, 1.82) is 0 Å². The smallest absolute Gasteiger partial charge is 0.227 e. The number of hydrogen-bond acceptors (Lipinski definition) is 2. The van der Waals surface area contributed by atoms with E-state index in [9.17, 15) is 8.78 Å². The summed E-state index contributed by atoms with van der Waals surface area (Å²) in [5.74, 6) is -3.34. The van der Waals surface area contributed by atoms with Crippen molar-refractivity contribution in [2.75, 3.05) is 0 Å². The molecule has 0 bridgehead atoms. The summed E-state index contributed by atoms with van der Waals surface area (Å²) in [7, 11) is 0. The second-order valence-electron chi connectivity index (χ2n) is 2.77.